The summed E-state index contributed by atoms with van der Waals surface area (Å²) in [6, 6.07) is 7.48. The monoisotopic (exact) mass is 365 g/mol. The summed E-state index contributed by atoms with van der Waals surface area (Å²) in [5.74, 6) is 1.18. The zero-order valence-electron chi connectivity index (χ0n) is 10.9. The van der Waals surface area contributed by atoms with Crippen molar-refractivity contribution >= 4 is 37.5 Å². The molecular weight excluding hydrogens is 354 g/mol. The first-order valence-corrected chi connectivity index (χ1v) is 7.92. The van der Waals surface area contributed by atoms with Gasteiger partial charge in [0.05, 0.1) is 9.99 Å². The van der Waals surface area contributed by atoms with E-state index in [9.17, 15) is 4.79 Å². The minimum Gasteiger partial charge on any atom is -0.485 e. The van der Waals surface area contributed by atoms with E-state index in [1.807, 2.05) is 29.6 Å². The van der Waals surface area contributed by atoms with Crippen LogP contribution in [0.2, 0.25) is 0 Å². The van der Waals surface area contributed by atoms with Crippen molar-refractivity contribution in [1.29, 1.82) is 0 Å². The Bertz CT molecular complexity index is 844. The predicted molar refractivity (Wildman–Crippen MR) is 86.6 cm³/mol. The largest absolute Gasteiger partial charge is 0.485 e. The molecule has 1 aromatic carbocycles. The summed E-state index contributed by atoms with van der Waals surface area (Å²) >= 11 is 4.82. The van der Waals surface area contributed by atoms with Crippen molar-refractivity contribution in [3.05, 3.63) is 55.9 Å². The fourth-order valence-electron chi connectivity index (χ4n) is 1.92. The Kier molecular flexibility index (Phi) is 4.05. The van der Waals surface area contributed by atoms with Gasteiger partial charge < -0.3 is 15.5 Å². The lowest BCUT2D eigenvalue weighted by Gasteiger charge is -2.09. The highest BCUT2D eigenvalue weighted by Gasteiger charge is 2.07. The molecule has 2 heterocycles. The maximum absolute atomic E-state index is 11.9. The molecule has 3 rings (SSSR count). The van der Waals surface area contributed by atoms with Crippen molar-refractivity contribution in [3.8, 4) is 5.75 Å². The molecule has 7 heteroatoms. The van der Waals surface area contributed by atoms with Gasteiger partial charge in [-0.1, -0.05) is 6.07 Å². The molecule has 0 aliphatic heterocycles. The zero-order chi connectivity index (χ0) is 14.8. The third-order valence-corrected chi connectivity index (χ3v) is 4.48. The van der Waals surface area contributed by atoms with Gasteiger partial charge in [0.15, 0.2) is 0 Å². The number of nitrogens with two attached hydrogens (primary N) is 1. The number of H-pyrrole nitrogens is 1. The van der Waals surface area contributed by atoms with Gasteiger partial charge >= 0.3 is 0 Å². The number of halogens is 1. The van der Waals surface area contributed by atoms with Crippen molar-refractivity contribution in [1.82, 2.24) is 9.97 Å². The van der Waals surface area contributed by atoms with Gasteiger partial charge in [0.2, 0.25) is 0 Å². The normalized spacial score (nSPS) is 11.0. The minimum absolute atomic E-state index is 0.133. The first-order valence-electron chi connectivity index (χ1n) is 6.25. The van der Waals surface area contributed by atoms with E-state index in [2.05, 4.69) is 25.9 Å². The van der Waals surface area contributed by atoms with Crippen LogP contribution < -0.4 is 16.0 Å². The topological polar surface area (TPSA) is 81.0 Å². The molecule has 5 nitrogen and oxygen atoms in total. The second-order valence-corrected chi connectivity index (χ2v) is 6.18. The number of aromatic amines is 1. The molecule has 3 N–H and O–H groups in total. The van der Waals surface area contributed by atoms with Crippen LogP contribution in [0.1, 0.15) is 11.4 Å². The first kappa shape index (κ1) is 14.2. The van der Waals surface area contributed by atoms with Gasteiger partial charge in [-0.2, -0.15) is 0 Å². The highest BCUT2D eigenvalue weighted by molar-refractivity contribution is 9.10. The van der Waals surface area contributed by atoms with Crippen LogP contribution in [0.3, 0.4) is 0 Å². The maximum Gasteiger partial charge on any atom is 0.268 e. The Balaban J connectivity index is 1.81. The number of hydrogen-bond donors (Lipinski definition) is 2. The third-order valence-electron chi connectivity index (χ3n) is 2.96. The fourth-order valence-corrected chi connectivity index (χ4v) is 3.19. The van der Waals surface area contributed by atoms with Crippen LogP contribution in [0.15, 0.2) is 38.9 Å². The van der Waals surface area contributed by atoms with E-state index in [0.29, 0.717) is 28.3 Å². The second kappa shape index (κ2) is 5.97. The minimum atomic E-state index is -0.133. The van der Waals surface area contributed by atoms with Crippen LogP contribution in [-0.2, 0) is 13.2 Å². The molecule has 21 heavy (non-hydrogen) atoms. The number of fused-ring (bicyclic) bond motifs is 1. The molecule has 0 atom stereocenters. The number of rotatable bonds is 4. The molecule has 0 spiro atoms. The van der Waals surface area contributed by atoms with Crippen LogP contribution in [-0.4, -0.2) is 9.97 Å². The molecule has 0 unspecified atom stereocenters. The summed E-state index contributed by atoms with van der Waals surface area (Å²) in [5, 5.41) is 1.85. The smallest absolute Gasteiger partial charge is 0.268 e. The van der Waals surface area contributed by atoms with E-state index >= 15 is 0 Å². The number of ether oxygens (including phenoxy) is 1. The molecule has 0 aliphatic carbocycles. The van der Waals surface area contributed by atoms with Crippen molar-refractivity contribution in [2.45, 2.75) is 13.2 Å². The number of benzene rings is 1. The summed E-state index contributed by atoms with van der Waals surface area (Å²) < 4.78 is 7.14. The average molecular weight is 366 g/mol. The fraction of sp³-hybridized carbons (Fsp3) is 0.143. The van der Waals surface area contributed by atoms with Crippen LogP contribution in [0, 0.1) is 0 Å². The second-order valence-electron chi connectivity index (χ2n) is 4.41. The van der Waals surface area contributed by atoms with Crippen LogP contribution >= 0.6 is 27.3 Å². The molecule has 0 fully saturated rings. The standard InChI is InChI=1S/C14H12BrN3O2S/c15-9-5-8(6-16)1-2-11(9)20-7-12-17-10-3-4-21-13(10)14(19)18-12/h1-5H,6-7,16H2,(H,17,18,19). The predicted octanol–water partition coefficient (Wildman–Crippen LogP) is 2.78. The molecule has 0 aliphatic rings. The Morgan fingerprint density at radius 1 is 1.38 bits per heavy atom. The van der Waals surface area contributed by atoms with Crippen molar-refractivity contribution in [2.24, 2.45) is 5.73 Å². The Morgan fingerprint density at radius 3 is 3.00 bits per heavy atom. The molecule has 0 saturated heterocycles. The van der Waals surface area contributed by atoms with Crippen molar-refractivity contribution in [2.75, 3.05) is 0 Å². The molecule has 0 bridgehead atoms. The molecule has 2 aromatic heterocycles. The van der Waals surface area contributed by atoms with Crippen LogP contribution in [0.4, 0.5) is 0 Å². The number of thiophene rings is 1. The lowest BCUT2D eigenvalue weighted by atomic mass is 10.2. The molecular formula is C14H12BrN3O2S. The van der Waals surface area contributed by atoms with E-state index in [4.69, 9.17) is 10.5 Å². The average Bonchev–Trinajstić information content (AvgIpc) is 2.95. The Morgan fingerprint density at radius 2 is 2.24 bits per heavy atom. The molecule has 0 amide bonds. The van der Waals surface area contributed by atoms with Crippen LogP contribution in [0.5, 0.6) is 5.75 Å². The van der Waals surface area contributed by atoms with Gasteiger partial charge in [-0.05, 0) is 45.1 Å². The summed E-state index contributed by atoms with van der Waals surface area (Å²) in [4.78, 5) is 19.0. The van der Waals surface area contributed by atoms with Gasteiger partial charge in [0, 0.05) is 6.54 Å². The van der Waals surface area contributed by atoms with E-state index < -0.39 is 0 Å². The van der Waals surface area contributed by atoms with E-state index in [1.54, 1.807) is 0 Å². The van der Waals surface area contributed by atoms with Crippen molar-refractivity contribution < 1.29 is 4.74 Å². The number of aromatic nitrogens is 2. The number of nitrogens with zero attached hydrogens (tertiary/aromatic N) is 1. The van der Waals surface area contributed by atoms with Gasteiger partial charge in [0.25, 0.3) is 5.56 Å². The van der Waals surface area contributed by atoms with E-state index in [-0.39, 0.29) is 12.2 Å². The highest BCUT2D eigenvalue weighted by Crippen LogP contribution is 2.26. The molecule has 108 valence electrons. The highest BCUT2D eigenvalue weighted by atomic mass is 79.9. The summed E-state index contributed by atoms with van der Waals surface area (Å²) in [6.07, 6.45) is 0. The number of hydrogen-bond acceptors (Lipinski definition) is 5. The summed E-state index contributed by atoms with van der Waals surface area (Å²) in [5.41, 5.74) is 7.16. The lowest BCUT2D eigenvalue weighted by Crippen LogP contribution is -2.12. The van der Waals surface area contributed by atoms with Gasteiger partial charge in [-0.25, -0.2) is 4.98 Å². The lowest BCUT2D eigenvalue weighted by molar-refractivity contribution is 0.294. The van der Waals surface area contributed by atoms with Crippen LogP contribution in [0.25, 0.3) is 10.2 Å². The third kappa shape index (κ3) is 2.99. The Labute approximate surface area is 132 Å². The quantitative estimate of drug-likeness (QED) is 0.744. The first-order chi connectivity index (χ1) is 10.2. The Hall–Kier alpha value is -1.70. The zero-order valence-corrected chi connectivity index (χ0v) is 13.3. The van der Waals surface area contributed by atoms with Crippen molar-refractivity contribution in [3.63, 3.8) is 0 Å². The SMILES string of the molecule is NCc1ccc(OCc2nc3ccsc3c(=O)[nH]2)c(Br)c1. The van der Waals surface area contributed by atoms with Gasteiger partial charge in [-0.15, -0.1) is 11.3 Å². The number of nitrogens with one attached hydrogen (secondary N) is 1. The summed E-state index contributed by atoms with van der Waals surface area (Å²) in [7, 11) is 0. The van der Waals surface area contributed by atoms with Gasteiger partial charge in [0.1, 0.15) is 22.9 Å². The van der Waals surface area contributed by atoms with Gasteiger partial charge in [-0.3, -0.25) is 4.79 Å². The van der Waals surface area contributed by atoms with E-state index in [1.165, 1.54) is 11.3 Å². The molecule has 0 saturated carbocycles. The molecule has 0 radical (unpaired) electrons. The molecule has 3 aromatic rings. The maximum atomic E-state index is 11.9. The van der Waals surface area contributed by atoms with E-state index in [0.717, 1.165) is 10.0 Å². The summed E-state index contributed by atoms with van der Waals surface area (Å²) in [6.45, 7) is 0.671.